The molecule has 10 heteroatoms. The third kappa shape index (κ3) is 2.34. The van der Waals surface area contributed by atoms with Gasteiger partial charge in [-0.05, 0) is 0 Å². The maximum atomic E-state index is 12.0. The molecule has 0 heterocycles. The van der Waals surface area contributed by atoms with Gasteiger partial charge in [0.05, 0.1) is 0 Å². The molecule has 0 aliphatic carbocycles. The van der Waals surface area contributed by atoms with Gasteiger partial charge in [-0.3, -0.25) is 4.79 Å². The molecule has 0 atom stereocenters. The summed E-state index contributed by atoms with van der Waals surface area (Å²) in [6.07, 6.45) is -11.4. The lowest BCUT2D eigenvalue weighted by Gasteiger charge is -2.24. The van der Waals surface area contributed by atoms with Crippen LogP contribution in [0.5, 0.6) is 0 Å². The summed E-state index contributed by atoms with van der Waals surface area (Å²) in [4.78, 5) is 9.75. The molecule has 0 N–H and O–H groups in total. The summed E-state index contributed by atoms with van der Waals surface area (Å²) in [5, 5.41) is 0. The molecular weight excluding hydrogens is 247 g/mol. The predicted molar refractivity (Wildman–Crippen MR) is 27.0 cm³/mol. The van der Waals surface area contributed by atoms with Gasteiger partial charge in [0.25, 0.3) is 0 Å². The molecular formula is C5HF9O. The zero-order valence-corrected chi connectivity index (χ0v) is 6.39. The van der Waals surface area contributed by atoms with Crippen LogP contribution in [0.25, 0.3) is 0 Å². The first-order valence-electron chi connectivity index (χ1n) is 3.00. The summed E-state index contributed by atoms with van der Waals surface area (Å²) in [5.41, 5.74) is 0. The number of hydrogen-bond donors (Lipinski definition) is 0. The average Bonchev–Trinajstić information content (AvgIpc) is 2.00. The second kappa shape index (κ2) is 3.56. The van der Waals surface area contributed by atoms with Crippen molar-refractivity contribution >= 4 is 5.78 Å². The first-order chi connectivity index (χ1) is 6.35. The van der Waals surface area contributed by atoms with Crippen LogP contribution in [0.1, 0.15) is 0 Å². The van der Waals surface area contributed by atoms with Gasteiger partial charge in [-0.1, -0.05) is 0 Å². The second-order valence-electron chi connectivity index (χ2n) is 2.32. The molecule has 0 aromatic heterocycles. The van der Waals surface area contributed by atoms with Gasteiger partial charge in [0, 0.05) is 0 Å². The third-order valence-corrected chi connectivity index (χ3v) is 1.24. The molecule has 0 unspecified atom stereocenters. The molecule has 0 saturated heterocycles. The van der Waals surface area contributed by atoms with Gasteiger partial charge < -0.3 is 0 Å². The summed E-state index contributed by atoms with van der Waals surface area (Å²) in [7, 11) is 0. The number of carbonyl (C=O) groups excluding carboxylic acids is 1. The molecule has 0 radical (unpaired) electrons. The number of carbonyl (C=O) groups is 1. The van der Waals surface area contributed by atoms with Crippen molar-refractivity contribution in [3.05, 3.63) is 0 Å². The lowest BCUT2D eigenvalue weighted by molar-refractivity contribution is -0.270. The first-order valence-corrected chi connectivity index (χ1v) is 3.00. The molecule has 0 aliphatic rings. The summed E-state index contributed by atoms with van der Waals surface area (Å²) in [5.74, 6) is -17.1. The zero-order chi connectivity index (χ0) is 12.7. The quantitative estimate of drug-likeness (QED) is 0.701. The Morgan fingerprint density at radius 2 is 1.20 bits per heavy atom. The fourth-order valence-electron chi connectivity index (χ4n) is 0.466. The fraction of sp³-hybridized carbons (Fsp3) is 0.800. The van der Waals surface area contributed by atoms with Crippen molar-refractivity contribution in [1.29, 1.82) is 0 Å². The molecule has 0 fully saturated rings. The highest BCUT2D eigenvalue weighted by Gasteiger charge is 2.72. The highest BCUT2D eigenvalue weighted by atomic mass is 19.4. The van der Waals surface area contributed by atoms with Gasteiger partial charge in [0.2, 0.25) is 0 Å². The smallest absolute Gasteiger partial charge is 0.282 e. The van der Waals surface area contributed by atoms with E-state index in [2.05, 4.69) is 0 Å². The summed E-state index contributed by atoms with van der Waals surface area (Å²) in [6.45, 7) is 0. The van der Waals surface area contributed by atoms with Crippen LogP contribution < -0.4 is 0 Å². The largest absolute Gasteiger partial charge is 0.456 e. The number of rotatable bonds is 3. The Kier molecular flexibility index (Phi) is 3.33. The summed E-state index contributed by atoms with van der Waals surface area (Å²) >= 11 is 0. The van der Waals surface area contributed by atoms with Crippen molar-refractivity contribution in [2.45, 2.75) is 24.4 Å². The van der Waals surface area contributed by atoms with E-state index in [1.165, 1.54) is 0 Å². The van der Waals surface area contributed by atoms with E-state index in [0.29, 0.717) is 0 Å². The van der Waals surface area contributed by atoms with Crippen LogP contribution in [0.2, 0.25) is 0 Å². The van der Waals surface area contributed by atoms with Crippen LogP contribution >= 0.6 is 0 Å². The molecule has 0 amide bonds. The lowest BCUT2D eigenvalue weighted by atomic mass is 10.1. The molecule has 90 valence electrons. The molecule has 0 aromatic rings. The predicted octanol–water partition coefficient (Wildman–Crippen LogP) is 2.65. The Morgan fingerprint density at radius 1 is 0.867 bits per heavy atom. The van der Waals surface area contributed by atoms with Gasteiger partial charge in [0.15, 0.2) is 0 Å². The van der Waals surface area contributed by atoms with Crippen molar-refractivity contribution in [2.24, 2.45) is 0 Å². The van der Waals surface area contributed by atoms with Crippen molar-refractivity contribution in [2.75, 3.05) is 0 Å². The summed E-state index contributed by atoms with van der Waals surface area (Å²) in [6, 6.07) is 0. The molecule has 1 nitrogen and oxygen atoms in total. The lowest BCUT2D eigenvalue weighted by Crippen LogP contribution is -2.55. The Balaban J connectivity index is 5.24. The Bertz CT molecular complexity index is 252. The number of hydrogen-bond acceptors (Lipinski definition) is 1. The second-order valence-corrected chi connectivity index (χ2v) is 2.32. The van der Waals surface area contributed by atoms with Crippen LogP contribution in [-0.2, 0) is 4.79 Å². The zero-order valence-electron chi connectivity index (χ0n) is 6.39. The molecule has 0 bridgehead atoms. The van der Waals surface area contributed by atoms with Gasteiger partial charge >= 0.3 is 30.2 Å². The number of Topliss-reactive ketones (excluding diaryl/α,β-unsaturated/α-hetero) is 1. The van der Waals surface area contributed by atoms with Crippen LogP contribution in [0.4, 0.5) is 39.5 Å². The fourth-order valence-corrected chi connectivity index (χ4v) is 0.466. The minimum atomic E-state index is -6.49. The topological polar surface area (TPSA) is 17.1 Å². The molecule has 0 rings (SSSR count). The Hall–Kier alpha value is -0.960. The highest BCUT2D eigenvalue weighted by Crippen LogP contribution is 2.43. The van der Waals surface area contributed by atoms with Gasteiger partial charge in [0.1, 0.15) is 0 Å². The number of alkyl halides is 9. The highest BCUT2D eigenvalue weighted by molar-refractivity contribution is 5.91. The molecule has 15 heavy (non-hydrogen) atoms. The van der Waals surface area contributed by atoms with Gasteiger partial charge in [-0.2, -0.15) is 30.7 Å². The van der Waals surface area contributed by atoms with Crippen molar-refractivity contribution in [1.82, 2.24) is 0 Å². The van der Waals surface area contributed by atoms with Crippen molar-refractivity contribution < 1.29 is 44.3 Å². The normalized spacial score (nSPS) is 14.5. The van der Waals surface area contributed by atoms with E-state index < -0.39 is 30.2 Å². The standard InChI is InChI=1S/C5HF9O/c6-2(7)4(10,11)3(8,9)1(15)5(12,13)14/h2H. The van der Waals surface area contributed by atoms with Crippen LogP contribution in [-0.4, -0.2) is 30.2 Å². The SMILES string of the molecule is O=C(C(F)(F)F)C(F)(F)C(F)(F)C(F)F. The van der Waals surface area contributed by atoms with E-state index >= 15 is 0 Å². The third-order valence-electron chi connectivity index (χ3n) is 1.24. The van der Waals surface area contributed by atoms with E-state index in [0.717, 1.165) is 0 Å². The van der Waals surface area contributed by atoms with E-state index in [1.807, 2.05) is 0 Å². The van der Waals surface area contributed by atoms with E-state index in [4.69, 9.17) is 0 Å². The van der Waals surface area contributed by atoms with Crippen molar-refractivity contribution in [3.8, 4) is 0 Å². The number of halogens is 9. The van der Waals surface area contributed by atoms with E-state index in [-0.39, 0.29) is 0 Å². The Labute approximate surface area is 75.9 Å². The monoisotopic (exact) mass is 248 g/mol. The maximum absolute atomic E-state index is 12.0. The molecule has 0 spiro atoms. The maximum Gasteiger partial charge on any atom is 0.456 e. The van der Waals surface area contributed by atoms with Gasteiger partial charge in [-0.25, -0.2) is 8.78 Å². The first kappa shape index (κ1) is 14.0. The van der Waals surface area contributed by atoms with Crippen LogP contribution in [0, 0.1) is 0 Å². The Morgan fingerprint density at radius 3 is 1.40 bits per heavy atom. The molecule has 0 saturated carbocycles. The van der Waals surface area contributed by atoms with Crippen molar-refractivity contribution in [3.63, 3.8) is 0 Å². The van der Waals surface area contributed by atoms with Crippen LogP contribution in [0.15, 0.2) is 0 Å². The molecule has 0 aliphatic heterocycles. The van der Waals surface area contributed by atoms with E-state index in [9.17, 15) is 44.3 Å². The number of ketones is 1. The molecule has 0 aromatic carbocycles. The summed E-state index contributed by atoms with van der Waals surface area (Å²) < 4.78 is 104. The van der Waals surface area contributed by atoms with Crippen LogP contribution in [0.3, 0.4) is 0 Å². The minimum absolute atomic E-state index is 4.21. The average molecular weight is 248 g/mol. The van der Waals surface area contributed by atoms with E-state index in [1.54, 1.807) is 0 Å². The minimum Gasteiger partial charge on any atom is -0.282 e. The van der Waals surface area contributed by atoms with Gasteiger partial charge in [-0.15, -0.1) is 0 Å².